The topological polar surface area (TPSA) is 49.1 Å². The first kappa shape index (κ1) is 20.8. The second-order valence-electron chi connectivity index (χ2n) is 8.74. The van der Waals surface area contributed by atoms with Gasteiger partial charge in [0.15, 0.2) is 0 Å². The van der Waals surface area contributed by atoms with E-state index in [1.165, 1.54) is 0 Å². The van der Waals surface area contributed by atoms with E-state index in [1.807, 2.05) is 56.0 Å². The van der Waals surface area contributed by atoms with Crippen LogP contribution in [0.5, 0.6) is 5.75 Å². The van der Waals surface area contributed by atoms with Crippen LogP contribution < -0.4 is 10.3 Å². The fourth-order valence-electron chi connectivity index (χ4n) is 4.83. The molecule has 1 aliphatic heterocycles. The van der Waals surface area contributed by atoms with Crippen LogP contribution in [-0.4, -0.2) is 14.1 Å². The highest BCUT2D eigenvalue weighted by atomic mass is 35.5. The van der Waals surface area contributed by atoms with E-state index < -0.39 is 0 Å². The number of benzene rings is 3. The first-order valence-corrected chi connectivity index (χ1v) is 11.5. The third-order valence-corrected chi connectivity index (χ3v) is 7.02. The lowest BCUT2D eigenvalue weighted by Crippen LogP contribution is -2.17. The molecule has 6 rings (SSSR count). The molecule has 0 saturated heterocycles. The van der Waals surface area contributed by atoms with E-state index >= 15 is 0 Å². The van der Waals surface area contributed by atoms with Crippen LogP contribution in [0.1, 0.15) is 28.4 Å². The predicted molar refractivity (Wildman–Crippen MR) is 135 cm³/mol. The molecule has 0 fully saturated rings. The second kappa shape index (κ2) is 7.89. The van der Waals surface area contributed by atoms with Crippen molar-refractivity contribution >= 4 is 22.5 Å². The summed E-state index contributed by atoms with van der Waals surface area (Å²) in [6.45, 7) is 2.39. The maximum absolute atomic E-state index is 12.8. The molecule has 5 aromatic rings. The number of nitrogens with zero attached hydrogens (tertiary/aromatic N) is 3. The average molecular weight is 468 g/mol. The van der Waals surface area contributed by atoms with Crippen LogP contribution in [0.2, 0.25) is 5.02 Å². The van der Waals surface area contributed by atoms with Crippen LogP contribution in [0.3, 0.4) is 0 Å². The third kappa shape index (κ3) is 3.32. The molecule has 0 aliphatic carbocycles. The Labute approximate surface area is 201 Å². The van der Waals surface area contributed by atoms with Crippen LogP contribution in [0.4, 0.5) is 0 Å². The summed E-state index contributed by atoms with van der Waals surface area (Å²) in [6, 6.07) is 21.9. The molecule has 168 valence electrons. The van der Waals surface area contributed by atoms with Crippen molar-refractivity contribution in [2.75, 3.05) is 0 Å². The molecule has 34 heavy (non-hydrogen) atoms. The van der Waals surface area contributed by atoms with Crippen LogP contribution in [-0.2, 0) is 13.7 Å². The van der Waals surface area contributed by atoms with Gasteiger partial charge in [-0.25, -0.2) is 4.98 Å². The molecule has 3 aromatic carbocycles. The molecular weight excluding hydrogens is 446 g/mol. The fraction of sp³-hybridized carbons (Fsp3) is 0.143. The second-order valence-corrected chi connectivity index (χ2v) is 9.15. The molecule has 3 heterocycles. The zero-order valence-corrected chi connectivity index (χ0v) is 19.6. The van der Waals surface area contributed by atoms with Crippen molar-refractivity contribution in [3.63, 3.8) is 0 Å². The van der Waals surface area contributed by atoms with Crippen LogP contribution in [0.15, 0.2) is 84.0 Å². The highest BCUT2D eigenvalue weighted by molar-refractivity contribution is 6.31. The van der Waals surface area contributed by atoms with E-state index in [0.717, 1.165) is 50.2 Å². The minimum Gasteiger partial charge on any atom is -0.489 e. The zero-order valence-electron chi connectivity index (χ0n) is 18.8. The Balaban J connectivity index is 1.72. The monoisotopic (exact) mass is 467 g/mol. The quantitative estimate of drug-likeness (QED) is 0.308. The van der Waals surface area contributed by atoms with Gasteiger partial charge < -0.3 is 13.9 Å². The van der Waals surface area contributed by atoms with Gasteiger partial charge in [0, 0.05) is 41.0 Å². The molecule has 1 atom stereocenters. The number of ether oxygens (including phenoxy) is 1. The minimum absolute atomic E-state index is 0.0497. The molecule has 0 N–H and O–H groups in total. The molecule has 6 heteroatoms. The number of pyridine rings is 1. The number of rotatable bonds is 1. The molecular formula is C28H22ClN3O2. The Morgan fingerprint density at radius 1 is 1.03 bits per heavy atom. The number of fused-ring (bicyclic) bond motifs is 6. The Morgan fingerprint density at radius 2 is 1.85 bits per heavy atom. The molecule has 2 aromatic heterocycles. The Morgan fingerprint density at radius 3 is 2.68 bits per heavy atom. The van der Waals surface area contributed by atoms with Crippen molar-refractivity contribution in [2.24, 2.45) is 7.05 Å². The van der Waals surface area contributed by atoms with Gasteiger partial charge in [0.05, 0.1) is 17.9 Å². The Bertz CT molecular complexity index is 1630. The number of aryl methyl sites for hydroxylation is 2. The maximum atomic E-state index is 12.8. The number of hydrogen-bond acceptors (Lipinski definition) is 3. The summed E-state index contributed by atoms with van der Waals surface area (Å²) in [5.41, 5.74) is 6.80. The highest BCUT2D eigenvalue weighted by Crippen LogP contribution is 2.36. The average Bonchev–Trinajstić information content (AvgIpc) is 3.26. The van der Waals surface area contributed by atoms with Crippen molar-refractivity contribution < 1.29 is 4.74 Å². The third-order valence-electron chi connectivity index (χ3n) is 6.65. The van der Waals surface area contributed by atoms with E-state index in [0.29, 0.717) is 11.6 Å². The molecule has 5 nitrogen and oxygen atoms in total. The fourth-order valence-corrected chi connectivity index (χ4v) is 5.00. The first-order valence-electron chi connectivity index (χ1n) is 11.1. The summed E-state index contributed by atoms with van der Waals surface area (Å²) < 4.78 is 10.0. The minimum atomic E-state index is -0.114. The van der Waals surface area contributed by atoms with Gasteiger partial charge >= 0.3 is 0 Å². The van der Waals surface area contributed by atoms with Crippen LogP contribution in [0, 0.1) is 6.92 Å². The molecule has 1 aliphatic rings. The maximum Gasteiger partial charge on any atom is 0.251 e. The van der Waals surface area contributed by atoms with Gasteiger partial charge in [-0.3, -0.25) is 4.79 Å². The van der Waals surface area contributed by atoms with Crippen LogP contribution in [0.25, 0.3) is 22.0 Å². The van der Waals surface area contributed by atoms with Gasteiger partial charge in [-0.15, -0.1) is 0 Å². The summed E-state index contributed by atoms with van der Waals surface area (Å²) in [5, 5.41) is 1.67. The van der Waals surface area contributed by atoms with E-state index in [1.54, 1.807) is 10.6 Å². The van der Waals surface area contributed by atoms with Gasteiger partial charge in [-0.05, 0) is 65.6 Å². The summed E-state index contributed by atoms with van der Waals surface area (Å²) >= 11 is 6.57. The predicted octanol–water partition coefficient (Wildman–Crippen LogP) is 5.89. The smallest absolute Gasteiger partial charge is 0.251 e. The number of hydrogen-bond donors (Lipinski definition) is 0. The van der Waals surface area contributed by atoms with Gasteiger partial charge in [0.2, 0.25) is 0 Å². The van der Waals surface area contributed by atoms with Crippen molar-refractivity contribution in [3.05, 3.63) is 117 Å². The van der Waals surface area contributed by atoms with E-state index in [-0.39, 0.29) is 11.6 Å². The first-order chi connectivity index (χ1) is 16.5. The summed E-state index contributed by atoms with van der Waals surface area (Å²) in [6.07, 6.45) is 3.72. The van der Waals surface area contributed by atoms with E-state index in [4.69, 9.17) is 16.3 Å². The molecule has 0 saturated carbocycles. The van der Waals surface area contributed by atoms with Gasteiger partial charge in [0.1, 0.15) is 12.4 Å². The highest BCUT2D eigenvalue weighted by Gasteiger charge is 2.21. The zero-order chi connectivity index (χ0) is 23.4. The summed E-state index contributed by atoms with van der Waals surface area (Å²) in [4.78, 5) is 17.2. The lowest BCUT2D eigenvalue weighted by molar-refractivity contribution is 0.306. The normalized spacial score (nSPS) is 14.9. The lowest BCUT2D eigenvalue weighted by Gasteiger charge is -2.23. The van der Waals surface area contributed by atoms with Gasteiger partial charge in [-0.2, -0.15) is 0 Å². The van der Waals surface area contributed by atoms with Crippen molar-refractivity contribution in [1.29, 1.82) is 0 Å². The number of aromatic nitrogens is 3. The molecule has 0 amide bonds. The van der Waals surface area contributed by atoms with Gasteiger partial charge in [-0.1, -0.05) is 35.9 Å². The van der Waals surface area contributed by atoms with Crippen molar-refractivity contribution in [2.45, 2.75) is 19.6 Å². The van der Waals surface area contributed by atoms with Gasteiger partial charge in [0.25, 0.3) is 5.56 Å². The molecule has 0 radical (unpaired) electrons. The lowest BCUT2D eigenvalue weighted by atomic mass is 9.93. The van der Waals surface area contributed by atoms with E-state index in [2.05, 4.69) is 40.7 Å². The van der Waals surface area contributed by atoms with Crippen molar-refractivity contribution in [1.82, 2.24) is 14.1 Å². The summed E-state index contributed by atoms with van der Waals surface area (Å²) in [7, 11) is 1.81. The standard InChI is InChI=1S/C28H22ClN3O2/c1-17-14-30-16-32(17)28-19-6-8-25(29)21(10-19)15-34-22-5-3-4-18(11-22)23-13-27(33)31(2)26-9-7-20(28)12-24(23)26/h3-14,16,28H,15H2,1-2H3/t28-/m0/s1. The van der Waals surface area contributed by atoms with Crippen LogP contribution >= 0.6 is 11.6 Å². The number of imidazole rings is 1. The summed E-state index contributed by atoms with van der Waals surface area (Å²) in [5.74, 6) is 0.727. The Kier molecular flexibility index (Phi) is 4.82. The molecule has 0 unspecified atom stereocenters. The SMILES string of the molecule is Cc1cncn1[C@H]1c2ccc(Cl)c(c2)COc2cccc(c2)-c2cc(=O)n(C)c3ccc1cc23. The molecule has 0 spiro atoms. The van der Waals surface area contributed by atoms with E-state index in [9.17, 15) is 4.79 Å². The largest absolute Gasteiger partial charge is 0.489 e. The molecule has 6 bridgehead atoms. The van der Waals surface area contributed by atoms with Crippen molar-refractivity contribution in [3.8, 4) is 16.9 Å². The Hall–Kier alpha value is -3.83. The number of halogens is 1.